The van der Waals surface area contributed by atoms with Crippen LogP contribution in [0.5, 0.6) is 0 Å². The summed E-state index contributed by atoms with van der Waals surface area (Å²) >= 11 is 1.96. The van der Waals surface area contributed by atoms with Gasteiger partial charge in [0.2, 0.25) is 0 Å². The molecule has 0 fully saturated rings. The first kappa shape index (κ1) is 13.1. The van der Waals surface area contributed by atoms with Crippen LogP contribution in [0.3, 0.4) is 0 Å². The first-order chi connectivity index (χ1) is 6.41. The van der Waals surface area contributed by atoms with Crippen LogP contribution in [-0.4, -0.2) is 5.75 Å². The molecule has 13 heavy (non-hydrogen) atoms. The normalized spacial score (nSPS) is 11.2. The standard InChI is InChI=1S/C12H24S/c1-3-5-7-8-9-10-12-13-11-6-4-2/h6,11H,3-5,7-10,12H2,1-2H3/b11-6-. The van der Waals surface area contributed by atoms with Crippen LogP contribution >= 0.6 is 11.8 Å². The minimum Gasteiger partial charge on any atom is -0.134 e. The van der Waals surface area contributed by atoms with E-state index in [1.54, 1.807) is 0 Å². The Morgan fingerprint density at radius 3 is 2.31 bits per heavy atom. The summed E-state index contributed by atoms with van der Waals surface area (Å²) in [6.45, 7) is 4.45. The molecule has 0 saturated carbocycles. The van der Waals surface area contributed by atoms with Crippen molar-refractivity contribution in [1.82, 2.24) is 0 Å². The summed E-state index contributed by atoms with van der Waals surface area (Å²) in [5, 5.41) is 2.24. The average molecular weight is 200 g/mol. The molecule has 0 N–H and O–H groups in total. The first-order valence-electron chi connectivity index (χ1n) is 5.68. The van der Waals surface area contributed by atoms with Gasteiger partial charge in [-0.05, 0) is 24.0 Å². The molecule has 78 valence electrons. The predicted octanol–water partition coefficient (Wildman–Crippen LogP) is 5.00. The molecule has 0 unspecified atom stereocenters. The highest BCUT2D eigenvalue weighted by atomic mass is 32.2. The van der Waals surface area contributed by atoms with Crippen molar-refractivity contribution in [2.45, 2.75) is 58.8 Å². The van der Waals surface area contributed by atoms with E-state index in [1.165, 1.54) is 50.7 Å². The van der Waals surface area contributed by atoms with Gasteiger partial charge >= 0.3 is 0 Å². The van der Waals surface area contributed by atoms with E-state index >= 15 is 0 Å². The van der Waals surface area contributed by atoms with E-state index in [2.05, 4.69) is 25.3 Å². The molecule has 0 heterocycles. The quantitative estimate of drug-likeness (QED) is 0.472. The third-order valence-electron chi connectivity index (χ3n) is 2.04. The van der Waals surface area contributed by atoms with Gasteiger partial charge in [-0.1, -0.05) is 52.0 Å². The van der Waals surface area contributed by atoms with E-state index in [0.717, 1.165) is 0 Å². The van der Waals surface area contributed by atoms with Crippen LogP contribution in [0.4, 0.5) is 0 Å². The third-order valence-corrected chi connectivity index (χ3v) is 2.95. The summed E-state index contributed by atoms with van der Waals surface area (Å²) in [6, 6.07) is 0. The molecule has 0 bridgehead atoms. The summed E-state index contributed by atoms with van der Waals surface area (Å²) in [4.78, 5) is 0. The van der Waals surface area contributed by atoms with Gasteiger partial charge in [0.15, 0.2) is 0 Å². The second-order valence-corrected chi connectivity index (χ2v) is 4.43. The molecule has 0 aliphatic carbocycles. The monoisotopic (exact) mass is 200 g/mol. The second kappa shape index (κ2) is 12.1. The maximum Gasteiger partial charge on any atom is -0.00261 e. The van der Waals surface area contributed by atoms with Gasteiger partial charge in [-0.2, -0.15) is 0 Å². The van der Waals surface area contributed by atoms with Crippen molar-refractivity contribution in [3.63, 3.8) is 0 Å². The topological polar surface area (TPSA) is 0 Å². The molecule has 0 aromatic rings. The number of hydrogen-bond donors (Lipinski definition) is 0. The fraction of sp³-hybridized carbons (Fsp3) is 0.833. The molecule has 0 rings (SSSR count). The minimum atomic E-state index is 1.17. The van der Waals surface area contributed by atoms with E-state index < -0.39 is 0 Å². The number of hydrogen-bond acceptors (Lipinski definition) is 1. The molecule has 0 aromatic heterocycles. The molecule has 0 aliphatic heterocycles. The molecular formula is C12H24S. The zero-order valence-corrected chi connectivity index (χ0v) is 10.0. The van der Waals surface area contributed by atoms with E-state index in [-0.39, 0.29) is 0 Å². The van der Waals surface area contributed by atoms with Crippen LogP contribution in [0, 0.1) is 0 Å². The lowest BCUT2D eigenvalue weighted by Crippen LogP contribution is -1.80. The van der Waals surface area contributed by atoms with Crippen molar-refractivity contribution in [2.75, 3.05) is 5.75 Å². The van der Waals surface area contributed by atoms with Crippen molar-refractivity contribution < 1.29 is 0 Å². The third kappa shape index (κ3) is 12.1. The summed E-state index contributed by atoms with van der Waals surface area (Å²) in [5.41, 5.74) is 0. The van der Waals surface area contributed by atoms with Crippen LogP contribution in [-0.2, 0) is 0 Å². The summed E-state index contributed by atoms with van der Waals surface area (Å²) in [6.07, 6.45) is 11.9. The molecule has 0 radical (unpaired) electrons. The molecule has 0 saturated heterocycles. The summed E-state index contributed by atoms with van der Waals surface area (Å²) in [5.74, 6) is 1.31. The van der Waals surface area contributed by atoms with Crippen molar-refractivity contribution in [3.8, 4) is 0 Å². The Kier molecular flexibility index (Phi) is 12.2. The maximum atomic E-state index is 2.27. The molecular weight excluding hydrogens is 176 g/mol. The van der Waals surface area contributed by atoms with Gasteiger partial charge in [0.25, 0.3) is 0 Å². The van der Waals surface area contributed by atoms with Crippen molar-refractivity contribution in [3.05, 3.63) is 11.5 Å². The van der Waals surface area contributed by atoms with Crippen LogP contribution in [0.25, 0.3) is 0 Å². The van der Waals surface area contributed by atoms with Gasteiger partial charge in [-0.25, -0.2) is 0 Å². The van der Waals surface area contributed by atoms with Crippen LogP contribution in [0.1, 0.15) is 58.8 Å². The Morgan fingerprint density at radius 1 is 0.923 bits per heavy atom. The van der Waals surface area contributed by atoms with Gasteiger partial charge in [-0.15, -0.1) is 11.8 Å². The van der Waals surface area contributed by atoms with E-state index in [0.29, 0.717) is 0 Å². The molecule has 0 atom stereocenters. The zero-order chi connectivity index (χ0) is 9.78. The number of allylic oxidation sites excluding steroid dienone is 1. The lowest BCUT2D eigenvalue weighted by Gasteiger charge is -1.98. The highest BCUT2D eigenvalue weighted by Crippen LogP contribution is 2.10. The Labute approximate surface area is 88.2 Å². The maximum absolute atomic E-state index is 2.27. The molecule has 0 aromatic carbocycles. The van der Waals surface area contributed by atoms with Gasteiger partial charge in [-0.3, -0.25) is 0 Å². The number of unbranched alkanes of at least 4 members (excludes halogenated alkanes) is 5. The Balaban J connectivity index is 2.87. The van der Waals surface area contributed by atoms with Crippen molar-refractivity contribution in [2.24, 2.45) is 0 Å². The van der Waals surface area contributed by atoms with Gasteiger partial charge < -0.3 is 0 Å². The average Bonchev–Trinajstić information content (AvgIpc) is 2.16. The van der Waals surface area contributed by atoms with Gasteiger partial charge in [0.1, 0.15) is 0 Å². The SMILES string of the molecule is CC/C=C\SCCCCCCCC. The minimum absolute atomic E-state index is 1.17. The van der Waals surface area contributed by atoms with Crippen LogP contribution < -0.4 is 0 Å². The number of rotatable bonds is 9. The first-order valence-corrected chi connectivity index (χ1v) is 6.73. The van der Waals surface area contributed by atoms with E-state index in [9.17, 15) is 0 Å². The zero-order valence-electron chi connectivity index (χ0n) is 9.22. The summed E-state index contributed by atoms with van der Waals surface area (Å²) in [7, 11) is 0. The predicted molar refractivity (Wildman–Crippen MR) is 65.3 cm³/mol. The molecule has 0 amide bonds. The summed E-state index contributed by atoms with van der Waals surface area (Å²) < 4.78 is 0. The Morgan fingerprint density at radius 2 is 1.62 bits per heavy atom. The smallest absolute Gasteiger partial charge is 0.00261 e. The Bertz CT molecular complexity index is 108. The van der Waals surface area contributed by atoms with E-state index in [4.69, 9.17) is 0 Å². The largest absolute Gasteiger partial charge is 0.134 e. The fourth-order valence-electron chi connectivity index (χ4n) is 1.20. The van der Waals surface area contributed by atoms with Crippen molar-refractivity contribution >= 4 is 11.8 Å². The lowest BCUT2D eigenvalue weighted by molar-refractivity contribution is 0.627. The molecule has 1 heteroatoms. The molecule has 0 aliphatic rings. The molecule has 0 spiro atoms. The van der Waals surface area contributed by atoms with E-state index in [1.807, 2.05) is 11.8 Å². The second-order valence-electron chi connectivity index (χ2n) is 3.42. The lowest BCUT2D eigenvalue weighted by atomic mass is 10.1. The fourth-order valence-corrected chi connectivity index (χ4v) is 2.03. The Hall–Kier alpha value is 0.0900. The van der Waals surface area contributed by atoms with Gasteiger partial charge in [0.05, 0.1) is 0 Å². The highest BCUT2D eigenvalue weighted by Gasteiger charge is 1.88. The van der Waals surface area contributed by atoms with Crippen LogP contribution in [0.2, 0.25) is 0 Å². The van der Waals surface area contributed by atoms with Crippen LogP contribution in [0.15, 0.2) is 11.5 Å². The van der Waals surface area contributed by atoms with Gasteiger partial charge in [0, 0.05) is 0 Å². The number of thioether (sulfide) groups is 1. The van der Waals surface area contributed by atoms with Crippen molar-refractivity contribution in [1.29, 1.82) is 0 Å². The molecule has 0 nitrogen and oxygen atoms in total. The highest BCUT2D eigenvalue weighted by molar-refractivity contribution is 8.02.